The van der Waals surface area contributed by atoms with Crippen LogP contribution in [0.15, 0.2) is 15.7 Å². The minimum absolute atomic E-state index is 0.0820. The van der Waals surface area contributed by atoms with Gasteiger partial charge in [0, 0.05) is 12.6 Å². The largest absolute Gasteiger partial charge is 0.316 e. The van der Waals surface area contributed by atoms with Gasteiger partial charge in [0.05, 0.1) is 0 Å². The van der Waals surface area contributed by atoms with Crippen LogP contribution in [0.1, 0.15) is 45.1 Å². The molecule has 1 aliphatic rings. The Morgan fingerprint density at radius 1 is 1.33 bits per heavy atom. The van der Waals surface area contributed by atoms with E-state index in [1.807, 2.05) is 12.4 Å². The molecule has 0 saturated heterocycles. The molecule has 120 valence electrons. The Morgan fingerprint density at radius 2 is 2.05 bits per heavy atom. The van der Waals surface area contributed by atoms with Crippen molar-refractivity contribution in [1.29, 1.82) is 0 Å². The Hall–Kier alpha value is -0.430. The molecule has 21 heavy (non-hydrogen) atoms. The summed E-state index contributed by atoms with van der Waals surface area (Å²) in [5.74, 6) is 0.964. The lowest BCUT2D eigenvalue weighted by Crippen LogP contribution is -2.43. The Balaban J connectivity index is 2.11. The van der Waals surface area contributed by atoms with Gasteiger partial charge in [0.15, 0.2) is 0 Å². The van der Waals surface area contributed by atoms with Crippen molar-refractivity contribution in [2.75, 3.05) is 7.05 Å². The van der Waals surface area contributed by atoms with Gasteiger partial charge >= 0.3 is 0 Å². The average Bonchev–Trinajstić information content (AvgIpc) is 2.88. The minimum atomic E-state index is -3.38. The van der Waals surface area contributed by atoms with E-state index in [0.717, 1.165) is 24.8 Å². The number of thiophene rings is 1. The molecule has 0 bridgehead atoms. The van der Waals surface area contributed by atoms with Gasteiger partial charge in [-0.05, 0) is 48.7 Å². The van der Waals surface area contributed by atoms with Gasteiger partial charge in [-0.2, -0.15) is 0 Å². The van der Waals surface area contributed by atoms with Gasteiger partial charge in [-0.15, -0.1) is 11.3 Å². The Bertz CT molecular complexity index is 552. The van der Waals surface area contributed by atoms with Crippen molar-refractivity contribution in [3.8, 4) is 0 Å². The van der Waals surface area contributed by atoms with Gasteiger partial charge in [-0.1, -0.05) is 26.7 Å². The van der Waals surface area contributed by atoms with Crippen molar-refractivity contribution < 1.29 is 8.42 Å². The highest BCUT2D eigenvalue weighted by Gasteiger charge is 2.31. The number of sulfonamides is 1. The molecule has 0 aromatic carbocycles. The number of hydrogen-bond acceptors (Lipinski definition) is 4. The van der Waals surface area contributed by atoms with Gasteiger partial charge in [0.1, 0.15) is 4.21 Å². The molecule has 0 spiro atoms. The summed E-state index contributed by atoms with van der Waals surface area (Å²) < 4.78 is 28.5. The van der Waals surface area contributed by atoms with Crippen LogP contribution in [0.3, 0.4) is 0 Å². The predicted molar refractivity (Wildman–Crippen MR) is 88.0 cm³/mol. The molecule has 1 fully saturated rings. The molecule has 4 nitrogen and oxygen atoms in total. The molecular formula is C15H26N2O2S2. The molecule has 1 aliphatic carbocycles. The molecule has 2 atom stereocenters. The zero-order valence-electron chi connectivity index (χ0n) is 13.1. The standard InChI is InChI=1S/C15H26N2O2S2/c1-11(2)13-6-4-5-7-14(13)17-21(18,19)15-8-12(9-16-3)10-20-15/h8,10-11,13-14,16-17H,4-7,9H2,1-3H3. The third-order valence-corrected chi connectivity index (χ3v) is 7.24. The van der Waals surface area contributed by atoms with E-state index >= 15 is 0 Å². The molecule has 1 aromatic heterocycles. The van der Waals surface area contributed by atoms with E-state index in [-0.39, 0.29) is 6.04 Å². The van der Waals surface area contributed by atoms with Crippen LogP contribution < -0.4 is 10.0 Å². The van der Waals surface area contributed by atoms with E-state index in [4.69, 9.17) is 0 Å². The summed E-state index contributed by atoms with van der Waals surface area (Å²) in [6.45, 7) is 5.07. The van der Waals surface area contributed by atoms with Gasteiger partial charge in [-0.3, -0.25) is 0 Å². The van der Waals surface area contributed by atoms with Gasteiger partial charge in [0.2, 0.25) is 10.0 Å². The molecular weight excluding hydrogens is 304 g/mol. The first kappa shape index (κ1) is 16.9. The SMILES string of the molecule is CNCc1csc(S(=O)(=O)NC2CCCCC2C(C)C)c1. The highest BCUT2D eigenvalue weighted by Crippen LogP contribution is 2.31. The van der Waals surface area contributed by atoms with Crippen molar-refractivity contribution in [3.05, 3.63) is 17.0 Å². The minimum Gasteiger partial charge on any atom is -0.316 e. The fourth-order valence-electron chi connectivity index (χ4n) is 3.15. The van der Waals surface area contributed by atoms with E-state index < -0.39 is 10.0 Å². The summed E-state index contributed by atoms with van der Waals surface area (Å²) in [4.78, 5) is 0. The first-order valence-electron chi connectivity index (χ1n) is 7.68. The summed E-state index contributed by atoms with van der Waals surface area (Å²) in [5.41, 5.74) is 1.02. The lowest BCUT2D eigenvalue weighted by atomic mass is 9.78. The van der Waals surface area contributed by atoms with Crippen molar-refractivity contribution in [2.45, 2.75) is 56.3 Å². The fraction of sp³-hybridized carbons (Fsp3) is 0.733. The van der Waals surface area contributed by atoms with E-state index in [0.29, 0.717) is 22.6 Å². The van der Waals surface area contributed by atoms with E-state index in [1.54, 1.807) is 6.07 Å². The van der Waals surface area contributed by atoms with Crippen molar-refractivity contribution >= 4 is 21.4 Å². The molecule has 1 heterocycles. The zero-order chi connectivity index (χ0) is 15.5. The molecule has 1 saturated carbocycles. The summed E-state index contributed by atoms with van der Waals surface area (Å²) in [6.07, 6.45) is 4.41. The lowest BCUT2D eigenvalue weighted by molar-refractivity contribution is 0.226. The molecule has 0 aliphatic heterocycles. The number of rotatable bonds is 6. The second kappa shape index (κ2) is 7.22. The molecule has 0 amide bonds. The average molecular weight is 331 g/mol. The van der Waals surface area contributed by atoms with E-state index in [1.165, 1.54) is 17.8 Å². The van der Waals surface area contributed by atoms with Crippen LogP contribution in [0, 0.1) is 11.8 Å². The maximum absolute atomic E-state index is 12.6. The molecule has 2 N–H and O–H groups in total. The van der Waals surface area contributed by atoms with Crippen LogP contribution in [-0.4, -0.2) is 21.5 Å². The zero-order valence-corrected chi connectivity index (χ0v) is 14.7. The monoisotopic (exact) mass is 330 g/mol. The first-order chi connectivity index (χ1) is 9.94. The van der Waals surface area contributed by atoms with Crippen LogP contribution in [0.4, 0.5) is 0 Å². The molecule has 2 rings (SSSR count). The van der Waals surface area contributed by atoms with E-state index in [2.05, 4.69) is 23.9 Å². The summed E-state index contributed by atoms with van der Waals surface area (Å²) >= 11 is 1.30. The topological polar surface area (TPSA) is 58.2 Å². The second-order valence-electron chi connectivity index (χ2n) is 6.22. The molecule has 6 heteroatoms. The summed E-state index contributed by atoms with van der Waals surface area (Å²) in [5, 5.41) is 4.95. The Labute approximate surface area is 132 Å². The Morgan fingerprint density at radius 3 is 2.71 bits per heavy atom. The first-order valence-corrected chi connectivity index (χ1v) is 10.0. The summed E-state index contributed by atoms with van der Waals surface area (Å²) in [6, 6.07) is 1.86. The molecule has 1 aromatic rings. The van der Waals surface area contributed by atoms with Crippen LogP contribution in [0.2, 0.25) is 0 Å². The van der Waals surface area contributed by atoms with Crippen LogP contribution in [0.25, 0.3) is 0 Å². The number of hydrogen-bond donors (Lipinski definition) is 2. The highest BCUT2D eigenvalue weighted by molar-refractivity contribution is 7.91. The fourth-order valence-corrected chi connectivity index (χ4v) is 5.70. The lowest BCUT2D eigenvalue weighted by Gasteiger charge is -2.34. The van der Waals surface area contributed by atoms with Crippen LogP contribution in [-0.2, 0) is 16.6 Å². The highest BCUT2D eigenvalue weighted by atomic mass is 32.2. The molecule has 2 unspecified atom stereocenters. The van der Waals surface area contributed by atoms with Crippen molar-refractivity contribution in [2.24, 2.45) is 11.8 Å². The number of nitrogens with one attached hydrogen (secondary N) is 2. The van der Waals surface area contributed by atoms with E-state index in [9.17, 15) is 8.42 Å². The van der Waals surface area contributed by atoms with Crippen molar-refractivity contribution in [3.63, 3.8) is 0 Å². The maximum Gasteiger partial charge on any atom is 0.250 e. The second-order valence-corrected chi connectivity index (χ2v) is 9.08. The quantitative estimate of drug-likeness (QED) is 0.843. The Kier molecular flexibility index (Phi) is 5.82. The van der Waals surface area contributed by atoms with Gasteiger partial charge in [0.25, 0.3) is 0 Å². The predicted octanol–water partition coefficient (Wildman–Crippen LogP) is 2.96. The third kappa shape index (κ3) is 4.28. The van der Waals surface area contributed by atoms with Gasteiger partial charge < -0.3 is 5.32 Å². The summed E-state index contributed by atoms with van der Waals surface area (Å²) in [7, 11) is -1.52. The normalized spacial score (nSPS) is 23.6. The molecule has 0 radical (unpaired) electrons. The third-order valence-electron chi connectivity index (χ3n) is 4.26. The van der Waals surface area contributed by atoms with Gasteiger partial charge in [-0.25, -0.2) is 13.1 Å². The smallest absolute Gasteiger partial charge is 0.250 e. The van der Waals surface area contributed by atoms with Crippen molar-refractivity contribution in [1.82, 2.24) is 10.0 Å². The van der Waals surface area contributed by atoms with Crippen LogP contribution in [0.5, 0.6) is 0 Å². The van der Waals surface area contributed by atoms with Crippen LogP contribution >= 0.6 is 11.3 Å². The maximum atomic E-state index is 12.6.